The van der Waals surface area contributed by atoms with Gasteiger partial charge in [0.15, 0.2) is 24.6 Å². The number of esters is 3. The summed E-state index contributed by atoms with van der Waals surface area (Å²) in [6, 6.07) is 32.9. The maximum Gasteiger partial charge on any atom is 0.346 e. The first-order valence-corrected chi connectivity index (χ1v) is 19.0. The van der Waals surface area contributed by atoms with Crippen LogP contribution in [-0.2, 0) is 46.1 Å². The number of hydrogen-bond donors (Lipinski definition) is 1. The first-order chi connectivity index (χ1) is 27.8. The van der Waals surface area contributed by atoms with E-state index in [-0.39, 0.29) is 17.1 Å². The number of benzene rings is 5. The van der Waals surface area contributed by atoms with E-state index in [9.17, 15) is 19.5 Å². The summed E-state index contributed by atoms with van der Waals surface area (Å²) in [5.74, 6) is -3.09. The van der Waals surface area contributed by atoms with E-state index >= 15 is 0 Å². The third-order valence-corrected chi connectivity index (χ3v) is 10.6. The number of aliphatic hydroxyl groups excluding tert-OH is 1. The Morgan fingerprint density at radius 2 is 1.18 bits per heavy atom. The SMILES string of the molecule is COc1cccc(OC)c1C(=O)O[C@H]1[C@@H]2OC(=O)[C@@H](Cc3ccc4ccccc4c3)C/C=C\C[C@H](Cc3ccc4ccccc4c3)C(=O)O[C@H]2[C@@H](OC)O[C@@H]1CO. The molecule has 7 rings (SSSR count). The number of ether oxygens (including phenoxy) is 7. The van der Waals surface area contributed by atoms with Crippen LogP contribution in [0.4, 0.5) is 0 Å². The molecule has 2 aliphatic heterocycles. The number of fused-ring (bicyclic) bond motifs is 3. The minimum absolute atomic E-state index is 0.0316. The van der Waals surface area contributed by atoms with E-state index in [1.807, 2.05) is 84.9 Å². The Hall–Kier alpha value is -5.75. The summed E-state index contributed by atoms with van der Waals surface area (Å²) >= 11 is 0. The number of rotatable bonds is 10. The molecule has 0 unspecified atom stereocenters. The summed E-state index contributed by atoms with van der Waals surface area (Å²) in [7, 11) is 4.15. The molecular weight excluding hydrogens is 728 g/mol. The first-order valence-electron chi connectivity index (χ1n) is 19.0. The van der Waals surface area contributed by atoms with Crippen LogP contribution in [0.2, 0.25) is 0 Å². The van der Waals surface area contributed by atoms with Crippen molar-refractivity contribution in [2.45, 2.75) is 56.4 Å². The van der Waals surface area contributed by atoms with Gasteiger partial charge in [0.1, 0.15) is 23.2 Å². The highest BCUT2D eigenvalue weighted by Gasteiger charge is 2.53. The van der Waals surface area contributed by atoms with Gasteiger partial charge in [0, 0.05) is 7.11 Å². The second-order valence-electron chi connectivity index (χ2n) is 14.3. The molecule has 0 aromatic heterocycles. The number of aliphatic hydroxyl groups is 1. The number of carbonyl (C=O) groups is 3. The van der Waals surface area contributed by atoms with Gasteiger partial charge in [-0.3, -0.25) is 9.59 Å². The molecule has 0 aliphatic carbocycles. The molecule has 7 atom stereocenters. The van der Waals surface area contributed by atoms with Crippen LogP contribution in [0.3, 0.4) is 0 Å². The highest BCUT2D eigenvalue weighted by Crippen LogP contribution is 2.35. The molecule has 11 nitrogen and oxygen atoms in total. The van der Waals surface area contributed by atoms with E-state index in [2.05, 4.69) is 12.1 Å². The van der Waals surface area contributed by atoms with Crippen LogP contribution in [0.25, 0.3) is 21.5 Å². The number of allylic oxidation sites excluding steroid dienone is 2. The fourth-order valence-corrected chi connectivity index (χ4v) is 7.66. The molecule has 5 aromatic rings. The maximum absolute atomic E-state index is 14.4. The van der Waals surface area contributed by atoms with E-state index in [0.717, 1.165) is 32.7 Å². The van der Waals surface area contributed by atoms with E-state index in [0.29, 0.717) is 25.7 Å². The third-order valence-electron chi connectivity index (χ3n) is 10.6. The van der Waals surface area contributed by atoms with Crippen LogP contribution >= 0.6 is 0 Å². The Morgan fingerprint density at radius 3 is 1.67 bits per heavy atom. The van der Waals surface area contributed by atoms with Gasteiger partial charge in [-0.2, -0.15) is 0 Å². The Balaban J connectivity index is 1.27. The molecule has 1 N–H and O–H groups in total. The molecule has 0 radical (unpaired) electrons. The van der Waals surface area contributed by atoms with Crippen molar-refractivity contribution >= 4 is 39.5 Å². The van der Waals surface area contributed by atoms with Gasteiger partial charge in [-0.1, -0.05) is 103 Å². The van der Waals surface area contributed by atoms with Crippen LogP contribution in [0.5, 0.6) is 11.5 Å². The molecule has 0 spiro atoms. The molecule has 0 bridgehead atoms. The second kappa shape index (κ2) is 18.0. The smallest absolute Gasteiger partial charge is 0.346 e. The molecule has 11 heteroatoms. The zero-order valence-electron chi connectivity index (χ0n) is 32.1. The van der Waals surface area contributed by atoms with Crippen LogP contribution in [0.1, 0.15) is 34.3 Å². The van der Waals surface area contributed by atoms with Crippen LogP contribution in [0.15, 0.2) is 115 Å². The normalized spacial score (nSPS) is 24.6. The van der Waals surface area contributed by atoms with Crippen LogP contribution < -0.4 is 9.47 Å². The highest BCUT2D eigenvalue weighted by atomic mass is 16.7. The average Bonchev–Trinajstić information content (AvgIpc) is 3.24. The predicted octanol–water partition coefficient (Wildman–Crippen LogP) is 6.79. The molecule has 296 valence electrons. The summed E-state index contributed by atoms with van der Waals surface area (Å²) in [6.45, 7) is -0.649. The van der Waals surface area contributed by atoms with E-state index in [1.54, 1.807) is 18.2 Å². The van der Waals surface area contributed by atoms with Gasteiger partial charge in [-0.15, -0.1) is 0 Å². The Kier molecular flexibility index (Phi) is 12.5. The Labute approximate surface area is 331 Å². The van der Waals surface area contributed by atoms with Crippen molar-refractivity contribution in [2.24, 2.45) is 11.8 Å². The fraction of sp³-hybridized carbons (Fsp3) is 0.326. The topological polar surface area (TPSA) is 136 Å². The van der Waals surface area contributed by atoms with Gasteiger partial charge in [-0.05, 0) is 70.5 Å². The highest BCUT2D eigenvalue weighted by molar-refractivity contribution is 5.96. The largest absolute Gasteiger partial charge is 0.496 e. The monoisotopic (exact) mass is 774 g/mol. The minimum atomic E-state index is -1.45. The van der Waals surface area contributed by atoms with Crippen molar-refractivity contribution in [3.63, 3.8) is 0 Å². The summed E-state index contributed by atoms with van der Waals surface area (Å²) in [5.41, 5.74) is 1.83. The molecule has 57 heavy (non-hydrogen) atoms. The first kappa shape index (κ1) is 39.5. The Morgan fingerprint density at radius 1 is 0.667 bits per heavy atom. The van der Waals surface area contributed by atoms with Crippen molar-refractivity contribution in [3.8, 4) is 11.5 Å². The van der Waals surface area contributed by atoms with Gasteiger partial charge in [0.25, 0.3) is 0 Å². The molecule has 2 aliphatic rings. The van der Waals surface area contributed by atoms with Crippen molar-refractivity contribution in [2.75, 3.05) is 27.9 Å². The minimum Gasteiger partial charge on any atom is -0.496 e. The lowest BCUT2D eigenvalue weighted by Gasteiger charge is -2.44. The standard InChI is InChI=1S/C46H46O11/c1-51-36-17-10-18-37(52-2)39(36)45(50)55-40-38(27-47)54-46(53-3)42-41(40)56-43(48)34(25-28-19-21-30-11-4-6-13-32(30)23-28)15-8-9-16-35(44(49)57-42)26-29-20-22-31-12-5-7-14-33(31)24-29/h4-14,17-24,34-35,38,40-42,46-47H,15-16,25-27H2,1-3H3/b9-8-/t34-,35-,38-,40-,41+,42-,46+/m1/s1. The lowest BCUT2D eigenvalue weighted by atomic mass is 9.91. The molecule has 0 saturated carbocycles. The lowest BCUT2D eigenvalue weighted by molar-refractivity contribution is -0.301. The quantitative estimate of drug-likeness (QED) is 0.0913. The van der Waals surface area contributed by atoms with Gasteiger partial charge in [0.05, 0.1) is 32.7 Å². The van der Waals surface area contributed by atoms with E-state index in [1.165, 1.54) is 21.3 Å². The lowest BCUT2D eigenvalue weighted by Crippen LogP contribution is -2.63. The fourth-order valence-electron chi connectivity index (χ4n) is 7.66. The second-order valence-corrected chi connectivity index (χ2v) is 14.3. The molecule has 0 amide bonds. The van der Waals surface area contributed by atoms with Crippen molar-refractivity contribution < 1.29 is 52.6 Å². The van der Waals surface area contributed by atoms with Crippen LogP contribution in [-0.4, -0.2) is 81.7 Å². The van der Waals surface area contributed by atoms with E-state index < -0.39 is 67.1 Å². The number of carbonyl (C=O) groups excluding carboxylic acids is 3. The zero-order valence-corrected chi connectivity index (χ0v) is 32.1. The van der Waals surface area contributed by atoms with Gasteiger partial charge < -0.3 is 38.3 Å². The van der Waals surface area contributed by atoms with Crippen molar-refractivity contribution in [3.05, 3.63) is 132 Å². The molecule has 5 aromatic carbocycles. The number of hydrogen-bond acceptors (Lipinski definition) is 11. The summed E-state index contributed by atoms with van der Waals surface area (Å²) in [5, 5.41) is 14.8. The summed E-state index contributed by atoms with van der Waals surface area (Å²) < 4.78 is 41.3. The summed E-state index contributed by atoms with van der Waals surface area (Å²) in [6.07, 6.45) is -1.71. The Bertz CT molecular complexity index is 2230. The molecule has 1 saturated heterocycles. The summed E-state index contributed by atoms with van der Waals surface area (Å²) in [4.78, 5) is 42.7. The van der Waals surface area contributed by atoms with Crippen LogP contribution in [0, 0.1) is 11.8 Å². The molecule has 1 fully saturated rings. The van der Waals surface area contributed by atoms with Gasteiger partial charge >= 0.3 is 17.9 Å². The molecular formula is C46H46O11. The molecule has 2 heterocycles. The van der Waals surface area contributed by atoms with Crippen molar-refractivity contribution in [1.29, 1.82) is 0 Å². The van der Waals surface area contributed by atoms with Gasteiger partial charge in [-0.25, -0.2) is 4.79 Å². The van der Waals surface area contributed by atoms with Gasteiger partial charge in [0.2, 0.25) is 0 Å². The van der Waals surface area contributed by atoms with E-state index in [4.69, 9.17) is 33.2 Å². The maximum atomic E-state index is 14.4. The average molecular weight is 775 g/mol. The third kappa shape index (κ3) is 8.81. The zero-order chi connectivity index (χ0) is 39.9. The predicted molar refractivity (Wildman–Crippen MR) is 212 cm³/mol. The van der Waals surface area contributed by atoms with Crippen molar-refractivity contribution in [1.82, 2.24) is 0 Å². The number of methoxy groups -OCH3 is 3.